The predicted molar refractivity (Wildman–Crippen MR) is 124 cm³/mol. The van der Waals surface area contributed by atoms with Crippen molar-refractivity contribution in [3.8, 4) is 0 Å². The van der Waals surface area contributed by atoms with Gasteiger partial charge in [0.25, 0.3) is 5.91 Å². The molecule has 172 valence electrons. The number of halogens is 2. The van der Waals surface area contributed by atoms with Gasteiger partial charge in [0, 0.05) is 35.8 Å². The number of methoxy groups -OCH3 is 1. The summed E-state index contributed by atoms with van der Waals surface area (Å²) in [7, 11) is 1.35. The molecule has 0 unspecified atom stereocenters. The van der Waals surface area contributed by atoms with Crippen molar-refractivity contribution in [1.82, 2.24) is 9.47 Å². The maximum atomic E-state index is 14.3. The number of hydrogen-bond acceptors (Lipinski definition) is 3. The molecule has 1 aliphatic heterocycles. The van der Waals surface area contributed by atoms with E-state index in [1.165, 1.54) is 18.7 Å². The van der Waals surface area contributed by atoms with Gasteiger partial charge < -0.3 is 14.2 Å². The minimum absolute atomic E-state index is 0.133. The molecule has 0 spiro atoms. The van der Waals surface area contributed by atoms with Crippen LogP contribution in [-0.4, -0.2) is 35.0 Å². The number of rotatable bonds is 4. The van der Waals surface area contributed by atoms with Crippen molar-refractivity contribution in [2.24, 2.45) is 0 Å². The summed E-state index contributed by atoms with van der Waals surface area (Å²) in [6, 6.07) is 18.3. The highest BCUT2D eigenvalue weighted by Gasteiger charge is 2.28. The van der Waals surface area contributed by atoms with Gasteiger partial charge in [0.2, 0.25) is 0 Å². The third-order valence-electron chi connectivity index (χ3n) is 6.33. The van der Waals surface area contributed by atoms with Gasteiger partial charge in [0.15, 0.2) is 0 Å². The van der Waals surface area contributed by atoms with Gasteiger partial charge in [-0.15, -0.1) is 0 Å². The topological polar surface area (TPSA) is 51.5 Å². The number of aromatic nitrogens is 1. The van der Waals surface area contributed by atoms with E-state index >= 15 is 0 Å². The zero-order valence-electron chi connectivity index (χ0n) is 18.6. The number of amides is 1. The van der Waals surface area contributed by atoms with Crippen LogP contribution in [0.1, 0.15) is 37.5 Å². The molecule has 0 saturated heterocycles. The number of carbonyl (C=O) groups excluding carboxylic acids is 2. The van der Waals surface area contributed by atoms with E-state index in [4.69, 9.17) is 4.74 Å². The Bertz CT molecular complexity index is 1410. The zero-order valence-corrected chi connectivity index (χ0v) is 18.6. The number of hydrogen-bond donors (Lipinski definition) is 0. The lowest BCUT2D eigenvalue weighted by Crippen LogP contribution is -2.37. The molecule has 0 aliphatic carbocycles. The molecule has 7 heteroatoms. The fraction of sp³-hybridized carbons (Fsp3) is 0.185. The van der Waals surface area contributed by atoms with Gasteiger partial charge in [-0.2, -0.15) is 0 Å². The molecule has 2 heterocycles. The lowest BCUT2D eigenvalue weighted by Gasteiger charge is -2.29. The molecule has 0 radical (unpaired) electrons. The molecule has 0 N–H and O–H groups in total. The Kier molecular flexibility index (Phi) is 5.61. The monoisotopic (exact) mass is 460 g/mol. The molecular formula is C27H22F2N2O3. The summed E-state index contributed by atoms with van der Waals surface area (Å²) in [6.07, 6.45) is 0.638. The zero-order chi connectivity index (χ0) is 23.8. The number of benzene rings is 3. The van der Waals surface area contributed by atoms with Gasteiger partial charge in [0.1, 0.15) is 11.6 Å². The Morgan fingerprint density at radius 1 is 1.00 bits per heavy atom. The Labute approximate surface area is 195 Å². The highest BCUT2D eigenvalue weighted by Crippen LogP contribution is 2.32. The van der Waals surface area contributed by atoms with E-state index in [1.807, 2.05) is 30.3 Å². The molecule has 1 aromatic heterocycles. The summed E-state index contributed by atoms with van der Waals surface area (Å²) in [4.78, 5) is 26.4. The highest BCUT2D eigenvalue weighted by molar-refractivity contribution is 5.95. The molecule has 5 nitrogen and oxygen atoms in total. The van der Waals surface area contributed by atoms with Crippen molar-refractivity contribution >= 4 is 22.8 Å². The van der Waals surface area contributed by atoms with E-state index in [1.54, 1.807) is 17.0 Å². The number of para-hydroxylation sites is 1. The van der Waals surface area contributed by atoms with Crippen LogP contribution in [0, 0.1) is 11.6 Å². The van der Waals surface area contributed by atoms with Crippen molar-refractivity contribution in [2.75, 3.05) is 13.7 Å². The summed E-state index contributed by atoms with van der Waals surface area (Å²) in [6.45, 7) is 1.31. The van der Waals surface area contributed by atoms with E-state index < -0.39 is 23.5 Å². The number of fused-ring (bicyclic) bond motifs is 3. The Morgan fingerprint density at radius 3 is 2.50 bits per heavy atom. The first-order valence-corrected chi connectivity index (χ1v) is 11.0. The standard InChI is InChI=1S/C27H22F2N2O3/c1-34-27(33)18-8-6-17(7-9-18)15-31-24-5-3-2-4-20(24)21-12-13-30(16-25(21)31)26(32)22-11-10-19(28)14-23(22)29/h2-11,14H,12-13,15-16H2,1H3. The average molecular weight is 460 g/mol. The van der Waals surface area contributed by atoms with Gasteiger partial charge in [-0.25, -0.2) is 13.6 Å². The maximum Gasteiger partial charge on any atom is 0.337 e. The number of esters is 1. The fourth-order valence-electron chi connectivity index (χ4n) is 4.63. The third kappa shape index (κ3) is 3.83. The van der Waals surface area contributed by atoms with Crippen LogP contribution < -0.4 is 0 Å². The van der Waals surface area contributed by atoms with Crippen LogP contribution in [0.2, 0.25) is 0 Å². The van der Waals surface area contributed by atoms with E-state index in [-0.39, 0.29) is 5.56 Å². The lowest BCUT2D eigenvalue weighted by molar-refractivity contribution is 0.0600. The normalized spacial score (nSPS) is 13.1. The SMILES string of the molecule is COC(=O)c1ccc(Cn2c3c(c4ccccc42)CCN(C(=O)c2ccc(F)cc2F)C3)cc1. The number of carbonyl (C=O) groups is 2. The predicted octanol–water partition coefficient (Wildman–Crippen LogP) is 4.95. The van der Waals surface area contributed by atoms with Crippen molar-refractivity contribution in [3.05, 3.63) is 106 Å². The van der Waals surface area contributed by atoms with Crippen LogP contribution in [0.5, 0.6) is 0 Å². The van der Waals surface area contributed by atoms with Gasteiger partial charge in [-0.3, -0.25) is 4.79 Å². The quantitative estimate of drug-likeness (QED) is 0.405. The fourth-order valence-corrected chi connectivity index (χ4v) is 4.63. The second-order valence-corrected chi connectivity index (χ2v) is 8.32. The van der Waals surface area contributed by atoms with Gasteiger partial charge in [0.05, 0.1) is 24.8 Å². The molecule has 1 amide bonds. The minimum Gasteiger partial charge on any atom is -0.465 e. The van der Waals surface area contributed by atoms with Crippen molar-refractivity contribution in [1.29, 1.82) is 0 Å². The van der Waals surface area contributed by atoms with Crippen LogP contribution in [0.3, 0.4) is 0 Å². The molecule has 0 fully saturated rings. The molecule has 1 aliphatic rings. The van der Waals surface area contributed by atoms with Crippen molar-refractivity contribution in [2.45, 2.75) is 19.5 Å². The maximum absolute atomic E-state index is 14.3. The van der Waals surface area contributed by atoms with E-state index in [9.17, 15) is 18.4 Å². The summed E-state index contributed by atoms with van der Waals surface area (Å²) >= 11 is 0. The molecule has 34 heavy (non-hydrogen) atoms. The molecule has 5 rings (SSSR count). The summed E-state index contributed by atoms with van der Waals surface area (Å²) in [5, 5.41) is 1.13. The molecule has 3 aromatic carbocycles. The van der Waals surface area contributed by atoms with Crippen LogP contribution >= 0.6 is 0 Å². The van der Waals surface area contributed by atoms with Crippen molar-refractivity contribution in [3.63, 3.8) is 0 Å². The van der Waals surface area contributed by atoms with Crippen LogP contribution in [0.25, 0.3) is 10.9 Å². The van der Waals surface area contributed by atoms with Crippen molar-refractivity contribution < 1.29 is 23.1 Å². The third-order valence-corrected chi connectivity index (χ3v) is 6.33. The Balaban J connectivity index is 1.50. The van der Waals surface area contributed by atoms with E-state index in [2.05, 4.69) is 10.6 Å². The Morgan fingerprint density at radius 2 is 1.76 bits per heavy atom. The van der Waals surface area contributed by atoms with Gasteiger partial charge in [-0.05, 0) is 47.9 Å². The summed E-state index contributed by atoms with van der Waals surface area (Å²) < 4.78 is 34.5. The van der Waals surface area contributed by atoms with Crippen LogP contribution in [0.15, 0.2) is 66.7 Å². The number of ether oxygens (including phenoxy) is 1. The van der Waals surface area contributed by atoms with E-state index in [0.29, 0.717) is 31.6 Å². The minimum atomic E-state index is -0.859. The lowest BCUT2D eigenvalue weighted by atomic mass is 10.0. The summed E-state index contributed by atoms with van der Waals surface area (Å²) in [5.41, 5.74) is 4.54. The molecule has 4 aromatic rings. The Hall–Kier alpha value is -4.00. The first-order chi connectivity index (χ1) is 16.5. The average Bonchev–Trinajstić information content (AvgIpc) is 3.16. The molecule has 0 saturated carbocycles. The molecular weight excluding hydrogens is 438 g/mol. The number of nitrogens with zero attached hydrogens (tertiary/aromatic N) is 2. The van der Waals surface area contributed by atoms with Crippen LogP contribution in [0.4, 0.5) is 8.78 Å². The molecule has 0 bridgehead atoms. The van der Waals surface area contributed by atoms with E-state index in [0.717, 1.165) is 34.3 Å². The first-order valence-electron chi connectivity index (χ1n) is 11.0. The summed E-state index contributed by atoms with van der Waals surface area (Å²) in [5.74, 6) is -2.42. The largest absolute Gasteiger partial charge is 0.465 e. The van der Waals surface area contributed by atoms with Gasteiger partial charge >= 0.3 is 5.97 Å². The molecule has 0 atom stereocenters. The smallest absolute Gasteiger partial charge is 0.337 e. The second-order valence-electron chi connectivity index (χ2n) is 8.32. The highest BCUT2D eigenvalue weighted by atomic mass is 19.1. The van der Waals surface area contributed by atoms with Crippen LogP contribution in [-0.2, 0) is 24.2 Å². The van der Waals surface area contributed by atoms with Gasteiger partial charge in [-0.1, -0.05) is 30.3 Å². The second kappa shape index (κ2) is 8.74. The first kappa shape index (κ1) is 21.8.